The van der Waals surface area contributed by atoms with Crippen molar-refractivity contribution >= 4 is 29.2 Å². The molecule has 5 nitrogen and oxygen atoms in total. The van der Waals surface area contributed by atoms with Gasteiger partial charge in [0.1, 0.15) is 0 Å². The van der Waals surface area contributed by atoms with Crippen LogP contribution in [0.2, 0.25) is 10.3 Å². The van der Waals surface area contributed by atoms with Crippen molar-refractivity contribution in [3.8, 4) is 6.01 Å². The lowest BCUT2D eigenvalue weighted by Gasteiger charge is -2.17. The Morgan fingerprint density at radius 1 is 1.21 bits per heavy atom. The van der Waals surface area contributed by atoms with Crippen LogP contribution in [0.4, 0.5) is 5.95 Å². The van der Waals surface area contributed by atoms with E-state index in [9.17, 15) is 0 Å². The molecule has 0 N–H and O–H groups in total. The monoisotopic (exact) mass is 298 g/mol. The van der Waals surface area contributed by atoms with Crippen LogP contribution in [0.15, 0.2) is 24.3 Å². The normalized spacial score (nSPS) is 10.3. The Bertz CT molecular complexity index is 579. The summed E-state index contributed by atoms with van der Waals surface area (Å²) in [4.78, 5) is 13.9. The van der Waals surface area contributed by atoms with Crippen LogP contribution in [0, 0.1) is 0 Å². The van der Waals surface area contributed by atoms with E-state index >= 15 is 0 Å². The summed E-state index contributed by atoms with van der Waals surface area (Å²) in [6, 6.07) is 7.77. The third-order valence-electron chi connectivity index (χ3n) is 2.41. The number of aromatic nitrogens is 3. The molecular weight excluding hydrogens is 287 g/mol. The van der Waals surface area contributed by atoms with E-state index in [1.165, 1.54) is 7.11 Å². The van der Waals surface area contributed by atoms with Gasteiger partial charge in [0.15, 0.2) is 0 Å². The van der Waals surface area contributed by atoms with Crippen molar-refractivity contribution in [1.29, 1.82) is 0 Å². The summed E-state index contributed by atoms with van der Waals surface area (Å²) in [5.74, 6) is 0.442. The highest BCUT2D eigenvalue weighted by molar-refractivity contribution is 6.30. The fraction of sp³-hybridized carbons (Fsp3) is 0.250. The minimum absolute atomic E-state index is 0.0970. The van der Waals surface area contributed by atoms with E-state index < -0.39 is 0 Å². The maximum Gasteiger partial charge on any atom is 0.322 e. The number of anilines is 1. The van der Waals surface area contributed by atoms with Gasteiger partial charge in [-0.2, -0.15) is 15.0 Å². The van der Waals surface area contributed by atoms with Crippen LogP contribution >= 0.6 is 23.2 Å². The van der Waals surface area contributed by atoms with Gasteiger partial charge in [0, 0.05) is 18.6 Å². The van der Waals surface area contributed by atoms with Crippen molar-refractivity contribution in [3.05, 3.63) is 40.1 Å². The van der Waals surface area contributed by atoms with Crippen molar-refractivity contribution in [1.82, 2.24) is 15.0 Å². The Morgan fingerprint density at radius 3 is 2.68 bits per heavy atom. The van der Waals surface area contributed by atoms with Gasteiger partial charge in [-0.25, -0.2) is 0 Å². The third-order valence-corrected chi connectivity index (χ3v) is 2.81. The number of hydrogen-bond donors (Lipinski definition) is 0. The van der Waals surface area contributed by atoms with Gasteiger partial charge in [-0.1, -0.05) is 23.7 Å². The number of nitrogens with zero attached hydrogens (tertiary/aromatic N) is 4. The maximum absolute atomic E-state index is 5.95. The van der Waals surface area contributed by atoms with Gasteiger partial charge in [-0.05, 0) is 29.3 Å². The first-order valence-corrected chi connectivity index (χ1v) is 6.25. The molecule has 0 aliphatic carbocycles. The molecule has 7 heteroatoms. The Kier molecular flexibility index (Phi) is 4.39. The van der Waals surface area contributed by atoms with Crippen LogP contribution in [-0.2, 0) is 6.54 Å². The standard InChI is InChI=1S/C12H12Cl2N4O/c1-18(7-8-4-3-5-9(13)6-8)11-15-10(14)16-12(17-11)19-2/h3-6H,7H2,1-2H3. The molecule has 0 fully saturated rings. The van der Waals surface area contributed by atoms with Crippen molar-refractivity contribution in [3.63, 3.8) is 0 Å². The number of hydrogen-bond acceptors (Lipinski definition) is 5. The van der Waals surface area contributed by atoms with Crippen molar-refractivity contribution in [2.75, 3.05) is 19.1 Å². The smallest absolute Gasteiger partial charge is 0.322 e. The molecule has 0 aliphatic heterocycles. The summed E-state index contributed by atoms with van der Waals surface area (Å²) in [6.07, 6.45) is 0. The molecule has 0 amide bonds. The number of rotatable bonds is 4. The Balaban J connectivity index is 2.20. The second kappa shape index (κ2) is 6.04. The lowest BCUT2D eigenvalue weighted by molar-refractivity contribution is 0.378. The predicted octanol–water partition coefficient (Wildman–Crippen LogP) is 2.82. The summed E-state index contributed by atoms with van der Waals surface area (Å²) in [5, 5.41) is 0.789. The summed E-state index contributed by atoms with van der Waals surface area (Å²) in [7, 11) is 3.33. The first-order valence-electron chi connectivity index (χ1n) is 5.49. The van der Waals surface area contributed by atoms with Crippen molar-refractivity contribution in [2.45, 2.75) is 6.54 Å². The molecule has 1 aromatic heterocycles. The molecule has 100 valence electrons. The highest BCUT2D eigenvalue weighted by Gasteiger charge is 2.10. The highest BCUT2D eigenvalue weighted by Crippen LogP contribution is 2.17. The molecule has 2 rings (SSSR count). The van der Waals surface area contributed by atoms with Crippen LogP contribution < -0.4 is 9.64 Å². The second-order valence-electron chi connectivity index (χ2n) is 3.88. The Hall–Kier alpha value is -1.59. The molecule has 0 saturated carbocycles. The van der Waals surface area contributed by atoms with Gasteiger partial charge in [0.05, 0.1) is 7.11 Å². The molecule has 0 bridgehead atoms. The zero-order valence-electron chi connectivity index (χ0n) is 10.5. The molecule has 19 heavy (non-hydrogen) atoms. The zero-order valence-corrected chi connectivity index (χ0v) is 12.0. The molecule has 1 aromatic carbocycles. The topological polar surface area (TPSA) is 51.1 Å². The van der Waals surface area contributed by atoms with Crippen LogP contribution in [0.1, 0.15) is 5.56 Å². The van der Waals surface area contributed by atoms with E-state index in [1.807, 2.05) is 36.2 Å². The molecule has 1 heterocycles. The Labute approximate surface area is 121 Å². The molecule has 0 unspecified atom stereocenters. The molecule has 0 radical (unpaired) electrons. The lowest BCUT2D eigenvalue weighted by Crippen LogP contribution is -2.19. The largest absolute Gasteiger partial charge is 0.467 e. The van der Waals surface area contributed by atoms with E-state index in [0.717, 1.165) is 5.56 Å². The number of halogens is 2. The van der Waals surface area contributed by atoms with Gasteiger partial charge in [-0.3, -0.25) is 0 Å². The quantitative estimate of drug-likeness (QED) is 0.869. The molecule has 0 saturated heterocycles. The third kappa shape index (κ3) is 3.68. The highest BCUT2D eigenvalue weighted by atomic mass is 35.5. The van der Waals surface area contributed by atoms with E-state index in [2.05, 4.69) is 15.0 Å². The molecule has 0 spiro atoms. The fourth-order valence-electron chi connectivity index (χ4n) is 1.56. The van der Waals surface area contributed by atoms with Crippen LogP contribution in [0.3, 0.4) is 0 Å². The predicted molar refractivity (Wildman–Crippen MR) is 74.9 cm³/mol. The second-order valence-corrected chi connectivity index (χ2v) is 4.65. The van der Waals surface area contributed by atoms with Gasteiger partial charge in [0.2, 0.25) is 11.2 Å². The van der Waals surface area contributed by atoms with Gasteiger partial charge in [-0.15, -0.1) is 0 Å². The summed E-state index contributed by atoms with van der Waals surface area (Å²) in [5.41, 5.74) is 1.05. The summed E-state index contributed by atoms with van der Waals surface area (Å²) >= 11 is 11.8. The first-order chi connectivity index (χ1) is 9.08. The van der Waals surface area contributed by atoms with E-state index in [-0.39, 0.29) is 11.3 Å². The van der Waals surface area contributed by atoms with Crippen molar-refractivity contribution in [2.24, 2.45) is 0 Å². The van der Waals surface area contributed by atoms with Crippen LogP contribution in [-0.4, -0.2) is 29.1 Å². The molecule has 0 aliphatic rings. The average Bonchev–Trinajstić information content (AvgIpc) is 2.38. The van der Waals surface area contributed by atoms with E-state index in [1.54, 1.807) is 0 Å². The summed E-state index contributed by atoms with van der Waals surface area (Å²) < 4.78 is 4.96. The number of ether oxygens (including phenoxy) is 1. The zero-order chi connectivity index (χ0) is 13.8. The summed E-state index contributed by atoms with van der Waals surface area (Å²) in [6.45, 7) is 0.601. The molecule has 0 atom stereocenters. The number of methoxy groups -OCH3 is 1. The van der Waals surface area contributed by atoms with Crippen LogP contribution in [0.5, 0.6) is 6.01 Å². The Morgan fingerprint density at radius 2 is 2.00 bits per heavy atom. The van der Waals surface area contributed by atoms with Gasteiger partial charge >= 0.3 is 6.01 Å². The molecule has 2 aromatic rings. The van der Waals surface area contributed by atoms with Gasteiger partial charge < -0.3 is 9.64 Å². The molecular formula is C12H12Cl2N4O. The lowest BCUT2D eigenvalue weighted by atomic mass is 10.2. The van der Waals surface area contributed by atoms with Crippen LogP contribution in [0.25, 0.3) is 0 Å². The van der Waals surface area contributed by atoms with E-state index in [4.69, 9.17) is 27.9 Å². The van der Waals surface area contributed by atoms with E-state index in [0.29, 0.717) is 17.5 Å². The SMILES string of the molecule is COc1nc(Cl)nc(N(C)Cc2cccc(Cl)c2)n1. The van der Waals surface area contributed by atoms with Crippen molar-refractivity contribution < 1.29 is 4.74 Å². The van der Waals surface area contributed by atoms with Gasteiger partial charge in [0.25, 0.3) is 0 Å². The maximum atomic E-state index is 5.95. The first kappa shape index (κ1) is 13.8. The average molecular weight is 299 g/mol. The minimum Gasteiger partial charge on any atom is -0.467 e. The minimum atomic E-state index is 0.0970. The number of benzene rings is 1. The fourth-order valence-corrected chi connectivity index (χ4v) is 1.92.